The summed E-state index contributed by atoms with van der Waals surface area (Å²) in [7, 11) is 0. The van der Waals surface area contributed by atoms with E-state index in [0.717, 1.165) is 54.3 Å². The molecule has 0 saturated heterocycles. The van der Waals surface area contributed by atoms with Crippen LogP contribution in [0.2, 0.25) is 0 Å². The largest absolute Gasteiger partial charge is 0.370 e. The number of hydrogen-bond donors (Lipinski definition) is 1. The van der Waals surface area contributed by atoms with Gasteiger partial charge in [0.2, 0.25) is 0 Å². The Kier molecular flexibility index (Phi) is 3.49. The fourth-order valence-electron chi connectivity index (χ4n) is 2.90. The quantitative estimate of drug-likeness (QED) is 0.790. The molecular formula is C17H16FN5. The van der Waals surface area contributed by atoms with Crippen molar-refractivity contribution in [3.05, 3.63) is 54.2 Å². The Morgan fingerprint density at radius 2 is 1.96 bits per heavy atom. The molecule has 1 aliphatic heterocycles. The maximum Gasteiger partial charge on any atom is 0.133 e. The van der Waals surface area contributed by atoms with Gasteiger partial charge in [0.25, 0.3) is 0 Å². The first kappa shape index (κ1) is 13.9. The molecule has 0 unspecified atom stereocenters. The van der Waals surface area contributed by atoms with Crippen LogP contribution in [-0.4, -0.2) is 26.3 Å². The highest BCUT2D eigenvalue weighted by Crippen LogP contribution is 2.32. The van der Waals surface area contributed by atoms with Crippen molar-refractivity contribution in [3.63, 3.8) is 0 Å². The zero-order chi connectivity index (χ0) is 15.6. The van der Waals surface area contributed by atoms with Gasteiger partial charge in [0.05, 0.1) is 11.9 Å². The van der Waals surface area contributed by atoms with Gasteiger partial charge in [-0.2, -0.15) is 5.10 Å². The first-order valence-electron chi connectivity index (χ1n) is 7.71. The Hall–Kier alpha value is -2.76. The zero-order valence-electron chi connectivity index (χ0n) is 12.5. The second-order valence-corrected chi connectivity index (χ2v) is 5.54. The third-order valence-electron chi connectivity index (χ3n) is 4.01. The number of aromatic nitrogens is 4. The molecule has 0 saturated carbocycles. The van der Waals surface area contributed by atoms with Crippen molar-refractivity contribution in [1.29, 1.82) is 0 Å². The molecule has 0 aliphatic carbocycles. The zero-order valence-corrected chi connectivity index (χ0v) is 12.5. The molecule has 4 rings (SSSR count). The third-order valence-corrected chi connectivity index (χ3v) is 4.01. The molecule has 116 valence electrons. The van der Waals surface area contributed by atoms with Crippen LogP contribution in [0, 0.1) is 5.82 Å². The topological polar surface area (TPSA) is 55.6 Å². The average Bonchev–Trinajstić information content (AvgIpc) is 2.78. The van der Waals surface area contributed by atoms with E-state index >= 15 is 0 Å². The van der Waals surface area contributed by atoms with Crippen LogP contribution in [0.25, 0.3) is 17.1 Å². The lowest BCUT2D eigenvalue weighted by Crippen LogP contribution is -2.07. The normalized spacial score (nSPS) is 14.0. The van der Waals surface area contributed by atoms with Crippen LogP contribution in [0.3, 0.4) is 0 Å². The number of halogens is 1. The van der Waals surface area contributed by atoms with Crippen molar-refractivity contribution in [2.45, 2.75) is 19.3 Å². The van der Waals surface area contributed by atoms with E-state index in [1.807, 2.05) is 4.68 Å². The van der Waals surface area contributed by atoms with E-state index in [9.17, 15) is 4.39 Å². The van der Waals surface area contributed by atoms with Gasteiger partial charge in [-0.3, -0.25) is 9.97 Å². The van der Waals surface area contributed by atoms with Crippen LogP contribution in [0.5, 0.6) is 0 Å². The van der Waals surface area contributed by atoms with E-state index in [1.54, 1.807) is 30.7 Å². The summed E-state index contributed by atoms with van der Waals surface area (Å²) in [4.78, 5) is 8.53. The van der Waals surface area contributed by atoms with Gasteiger partial charge in [0.1, 0.15) is 23.0 Å². The second kappa shape index (κ2) is 5.79. The molecule has 1 N–H and O–H groups in total. The molecule has 23 heavy (non-hydrogen) atoms. The van der Waals surface area contributed by atoms with E-state index in [0.29, 0.717) is 0 Å². The lowest BCUT2D eigenvalue weighted by Gasteiger charge is -2.09. The van der Waals surface area contributed by atoms with Crippen molar-refractivity contribution in [1.82, 2.24) is 19.7 Å². The first-order chi connectivity index (χ1) is 11.3. The number of rotatable bonds is 2. The summed E-state index contributed by atoms with van der Waals surface area (Å²) in [6.07, 6.45) is 8.19. The number of benzene rings is 1. The molecule has 5 nitrogen and oxygen atoms in total. The highest BCUT2D eigenvalue weighted by atomic mass is 19.1. The maximum absolute atomic E-state index is 13.2. The van der Waals surface area contributed by atoms with Gasteiger partial charge >= 0.3 is 0 Å². The van der Waals surface area contributed by atoms with Gasteiger partial charge in [-0.05, 0) is 43.5 Å². The molecule has 0 fully saturated rings. The highest BCUT2D eigenvalue weighted by molar-refractivity contribution is 5.68. The molecular weight excluding hydrogens is 293 g/mol. The molecule has 0 amide bonds. The minimum atomic E-state index is -0.255. The van der Waals surface area contributed by atoms with Gasteiger partial charge in [-0.15, -0.1) is 0 Å². The molecule has 1 aromatic carbocycles. The van der Waals surface area contributed by atoms with Crippen LogP contribution < -0.4 is 5.32 Å². The van der Waals surface area contributed by atoms with Crippen molar-refractivity contribution < 1.29 is 4.39 Å². The lowest BCUT2D eigenvalue weighted by molar-refractivity contribution is 0.627. The number of fused-ring (bicyclic) bond motifs is 1. The Labute approximate surface area is 133 Å². The van der Waals surface area contributed by atoms with Crippen LogP contribution >= 0.6 is 0 Å². The van der Waals surface area contributed by atoms with Gasteiger partial charge in [-0.25, -0.2) is 9.07 Å². The molecule has 3 heterocycles. The standard InChI is InChI=1S/C17H16FN5/c18-12-4-6-13(7-5-12)23-17-14(3-1-2-8-21-17)16(22-23)15-11-19-9-10-20-15/h4-7,9-11,21H,1-3,8H2. The van der Waals surface area contributed by atoms with Gasteiger partial charge in [0, 0.05) is 24.5 Å². The molecule has 0 spiro atoms. The molecule has 2 aromatic heterocycles. The van der Waals surface area contributed by atoms with Crippen molar-refractivity contribution in [3.8, 4) is 17.1 Å². The number of anilines is 1. The molecule has 3 aromatic rings. The van der Waals surface area contributed by atoms with Crippen LogP contribution in [0.4, 0.5) is 10.2 Å². The average molecular weight is 309 g/mol. The number of hydrogen-bond acceptors (Lipinski definition) is 4. The molecule has 0 radical (unpaired) electrons. The minimum absolute atomic E-state index is 0.255. The predicted octanol–water partition coefficient (Wildman–Crippen LogP) is 3.22. The van der Waals surface area contributed by atoms with Crippen LogP contribution in [-0.2, 0) is 6.42 Å². The highest BCUT2D eigenvalue weighted by Gasteiger charge is 2.22. The Balaban J connectivity index is 1.89. The van der Waals surface area contributed by atoms with Crippen LogP contribution in [0.1, 0.15) is 18.4 Å². The summed E-state index contributed by atoms with van der Waals surface area (Å²) in [5.74, 6) is 0.712. The van der Waals surface area contributed by atoms with Crippen molar-refractivity contribution in [2.75, 3.05) is 11.9 Å². The van der Waals surface area contributed by atoms with Crippen LogP contribution in [0.15, 0.2) is 42.9 Å². The summed E-state index contributed by atoms with van der Waals surface area (Å²) in [5, 5.41) is 8.19. The predicted molar refractivity (Wildman–Crippen MR) is 86.0 cm³/mol. The molecule has 6 heteroatoms. The fourth-order valence-corrected chi connectivity index (χ4v) is 2.90. The molecule has 0 atom stereocenters. The summed E-state index contributed by atoms with van der Waals surface area (Å²) in [5.41, 5.74) is 3.57. The van der Waals surface area contributed by atoms with E-state index in [1.165, 1.54) is 12.1 Å². The Bertz CT molecular complexity index is 811. The third kappa shape index (κ3) is 2.56. The summed E-state index contributed by atoms with van der Waals surface area (Å²) in [6, 6.07) is 6.36. The van der Waals surface area contributed by atoms with E-state index in [4.69, 9.17) is 5.10 Å². The van der Waals surface area contributed by atoms with E-state index < -0.39 is 0 Å². The van der Waals surface area contributed by atoms with Gasteiger partial charge < -0.3 is 5.32 Å². The van der Waals surface area contributed by atoms with Gasteiger partial charge in [-0.1, -0.05) is 0 Å². The number of nitrogens with zero attached hydrogens (tertiary/aromatic N) is 4. The van der Waals surface area contributed by atoms with E-state index in [2.05, 4.69) is 15.3 Å². The maximum atomic E-state index is 13.2. The second-order valence-electron chi connectivity index (χ2n) is 5.54. The monoisotopic (exact) mass is 309 g/mol. The summed E-state index contributed by atoms with van der Waals surface area (Å²) < 4.78 is 15.1. The smallest absolute Gasteiger partial charge is 0.133 e. The Morgan fingerprint density at radius 1 is 1.09 bits per heavy atom. The number of nitrogens with one attached hydrogen (secondary N) is 1. The fraction of sp³-hybridized carbons (Fsp3) is 0.235. The lowest BCUT2D eigenvalue weighted by atomic mass is 10.1. The minimum Gasteiger partial charge on any atom is -0.370 e. The molecule has 1 aliphatic rings. The van der Waals surface area contributed by atoms with Crippen molar-refractivity contribution in [2.24, 2.45) is 0 Å². The first-order valence-corrected chi connectivity index (χ1v) is 7.71. The van der Waals surface area contributed by atoms with Crippen molar-refractivity contribution >= 4 is 5.82 Å². The summed E-state index contributed by atoms with van der Waals surface area (Å²) >= 11 is 0. The molecule has 0 bridgehead atoms. The van der Waals surface area contributed by atoms with E-state index in [-0.39, 0.29) is 5.82 Å². The Morgan fingerprint density at radius 3 is 2.74 bits per heavy atom. The van der Waals surface area contributed by atoms with Gasteiger partial charge in [0.15, 0.2) is 0 Å². The summed E-state index contributed by atoms with van der Waals surface area (Å²) in [6.45, 7) is 0.903. The SMILES string of the molecule is Fc1ccc(-n2nc(-c3cnccn3)c3c2NCCCC3)cc1.